The van der Waals surface area contributed by atoms with Gasteiger partial charge in [-0.1, -0.05) is 0 Å². The Kier molecular flexibility index (Phi) is 15.8. The van der Waals surface area contributed by atoms with E-state index in [9.17, 15) is 4.79 Å². The van der Waals surface area contributed by atoms with Crippen LogP contribution in [-0.4, -0.2) is 120 Å². The van der Waals surface area contributed by atoms with Gasteiger partial charge in [0.2, 0.25) is 5.91 Å². The van der Waals surface area contributed by atoms with Crippen LogP contribution in [0.4, 0.5) is 0 Å². The van der Waals surface area contributed by atoms with Crippen molar-refractivity contribution in [2.75, 3.05) is 64.4 Å². The van der Waals surface area contributed by atoms with Gasteiger partial charge in [0, 0.05) is 64.5 Å². The van der Waals surface area contributed by atoms with E-state index in [2.05, 4.69) is 29.9 Å². The molecular formula is C18H35N3O6S. The van der Waals surface area contributed by atoms with Crippen LogP contribution in [0.25, 0.3) is 0 Å². The van der Waals surface area contributed by atoms with Gasteiger partial charge in [0.15, 0.2) is 0 Å². The normalized spacial score (nSPS) is 22.9. The maximum Gasteiger partial charge on any atom is 0.290 e. The van der Waals surface area contributed by atoms with Crippen LogP contribution in [0.2, 0.25) is 0 Å². The number of ether oxygens (including phenoxy) is 1. The van der Waals surface area contributed by atoms with Gasteiger partial charge in [-0.05, 0) is 20.1 Å². The number of morpholine rings is 1. The van der Waals surface area contributed by atoms with Crippen molar-refractivity contribution in [3.8, 4) is 0 Å². The van der Waals surface area contributed by atoms with Crippen molar-refractivity contribution >= 4 is 30.6 Å². The summed E-state index contributed by atoms with van der Waals surface area (Å²) in [6.07, 6.45) is 3.34. The summed E-state index contributed by atoms with van der Waals surface area (Å²) >= 11 is 1.89. The molecule has 1 amide bonds. The summed E-state index contributed by atoms with van der Waals surface area (Å²) in [6, 6.07) is 0. The first-order valence-electron chi connectivity index (χ1n) is 9.44. The van der Waals surface area contributed by atoms with Crippen LogP contribution in [0.3, 0.4) is 0 Å². The summed E-state index contributed by atoms with van der Waals surface area (Å²) in [6.45, 7) is 11.5. The van der Waals surface area contributed by atoms with Crippen molar-refractivity contribution in [2.45, 2.75) is 32.5 Å². The molecule has 2 aliphatic heterocycles. The average Bonchev–Trinajstić information content (AvgIpc) is 2.65. The van der Waals surface area contributed by atoms with Crippen molar-refractivity contribution in [3.63, 3.8) is 0 Å². The SMILES string of the molecule is CSCCN1CCN(C(=O)CCN2C[C@@H](C)O[C@@H](C)C2)CC1.O=CO.O=CO. The fraction of sp³-hybridized carbons (Fsp3) is 0.833. The molecule has 2 atom stereocenters. The summed E-state index contributed by atoms with van der Waals surface area (Å²) in [7, 11) is 0. The first-order chi connectivity index (χ1) is 13.4. The van der Waals surface area contributed by atoms with E-state index in [1.807, 2.05) is 16.7 Å². The van der Waals surface area contributed by atoms with Gasteiger partial charge in [0.25, 0.3) is 12.9 Å². The number of carbonyl (C=O) groups is 3. The number of hydrogen-bond donors (Lipinski definition) is 2. The van der Waals surface area contributed by atoms with Crippen molar-refractivity contribution in [1.29, 1.82) is 0 Å². The Bertz CT molecular complexity index is 420. The van der Waals surface area contributed by atoms with Crippen LogP contribution < -0.4 is 0 Å². The maximum absolute atomic E-state index is 12.4. The van der Waals surface area contributed by atoms with Gasteiger partial charge in [0.1, 0.15) is 0 Å². The number of carbonyl (C=O) groups excluding carboxylic acids is 1. The number of nitrogens with zero attached hydrogens (tertiary/aromatic N) is 3. The molecule has 0 aromatic rings. The second kappa shape index (κ2) is 16.6. The van der Waals surface area contributed by atoms with Gasteiger partial charge in [-0.15, -0.1) is 0 Å². The van der Waals surface area contributed by atoms with E-state index in [4.69, 9.17) is 24.5 Å². The van der Waals surface area contributed by atoms with Crippen molar-refractivity contribution in [1.82, 2.24) is 14.7 Å². The zero-order valence-corrected chi connectivity index (χ0v) is 18.0. The Morgan fingerprint density at radius 1 is 1.00 bits per heavy atom. The summed E-state index contributed by atoms with van der Waals surface area (Å²) < 4.78 is 5.74. The van der Waals surface area contributed by atoms with E-state index in [0.29, 0.717) is 12.3 Å². The highest BCUT2D eigenvalue weighted by atomic mass is 32.2. The lowest BCUT2D eigenvalue weighted by molar-refractivity contribution is -0.134. The van der Waals surface area contributed by atoms with E-state index in [0.717, 1.165) is 52.4 Å². The van der Waals surface area contributed by atoms with Crippen LogP contribution in [0.1, 0.15) is 20.3 Å². The zero-order chi connectivity index (χ0) is 21.4. The molecule has 0 aromatic carbocycles. The van der Waals surface area contributed by atoms with Gasteiger partial charge in [-0.2, -0.15) is 11.8 Å². The van der Waals surface area contributed by atoms with Crippen LogP contribution in [-0.2, 0) is 19.1 Å². The number of thioether (sulfide) groups is 1. The topological polar surface area (TPSA) is 111 Å². The largest absolute Gasteiger partial charge is 0.483 e. The summed E-state index contributed by atoms with van der Waals surface area (Å²) in [5.41, 5.74) is 0. The van der Waals surface area contributed by atoms with Gasteiger partial charge >= 0.3 is 0 Å². The third-order valence-corrected chi connectivity index (χ3v) is 5.06. The van der Waals surface area contributed by atoms with Gasteiger partial charge in [-0.25, -0.2) is 0 Å². The molecule has 0 aromatic heterocycles. The van der Waals surface area contributed by atoms with E-state index >= 15 is 0 Å². The monoisotopic (exact) mass is 421 g/mol. The van der Waals surface area contributed by atoms with Crippen molar-refractivity contribution in [3.05, 3.63) is 0 Å². The third-order valence-electron chi connectivity index (χ3n) is 4.47. The van der Waals surface area contributed by atoms with Crippen molar-refractivity contribution in [2.24, 2.45) is 0 Å². The molecule has 2 heterocycles. The highest BCUT2D eigenvalue weighted by Crippen LogP contribution is 2.12. The molecule has 2 rings (SSSR count). The molecule has 9 nitrogen and oxygen atoms in total. The fourth-order valence-corrected chi connectivity index (χ4v) is 3.76. The van der Waals surface area contributed by atoms with E-state index in [1.165, 1.54) is 5.75 Å². The Morgan fingerprint density at radius 3 is 1.96 bits per heavy atom. The molecule has 0 spiro atoms. The zero-order valence-electron chi connectivity index (χ0n) is 17.2. The molecule has 2 saturated heterocycles. The third kappa shape index (κ3) is 12.2. The molecular weight excluding hydrogens is 386 g/mol. The Labute approximate surface area is 172 Å². The molecule has 0 bridgehead atoms. The number of rotatable bonds is 6. The maximum atomic E-state index is 12.4. The van der Waals surface area contributed by atoms with Crippen LogP contribution in [0, 0.1) is 0 Å². The minimum Gasteiger partial charge on any atom is -0.483 e. The number of piperazine rings is 1. The standard InChI is InChI=1S/C16H31N3O2S.2CH2O2/c1-14-12-18(13-15(2)21-14)5-4-16(20)19-8-6-17(7-9-19)10-11-22-3;2*2-1-3/h14-15H,4-13H2,1-3H3;2*1H,(H,2,3)/t14-,15+;;. The predicted molar refractivity (Wildman–Crippen MR) is 110 cm³/mol. The lowest BCUT2D eigenvalue weighted by Crippen LogP contribution is -2.50. The number of carboxylic acid groups (broad SMARTS) is 2. The summed E-state index contributed by atoms with van der Waals surface area (Å²) in [5, 5.41) is 13.8. The molecule has 164 valence electrons. The number of hydrogen-bond acceptors (Lipinski definition) is 7. The van der Waals surface area contributed by atoms with Crippen LogP contribution in [0.15, 0.2) is 0 Å². The lowest BCUT2D eigenvalue weighted by Gasteiger charge is -2.37. The minimum absolute atomic E-state index is 0.250. The first kappa shape index (κ1) is 26.6. The van der Waals surface area contributed by atoms with E-state index in [-0.39, 0.29) is 25.2 Å². The first-order valence-corrected chi connectivity index (χ1v) is 10.8. The van der Waals surface area contributed by atoms with E-state index in [1.54, 1.807) is 0 Å². The lowest BCUT2D eigenvalue weighted by atomic mass is 10.2. The predicted octanol–water partition coefficient (Wildman–Crippen LogP) is 0.395. The number of amides is 1. The molecule has 0 radical (unpaired) electrons. The molecule has 10 heteroatoms. The smallest absolute Gasteiger partial charge is 0.290 e. The Morgan fingerprint density at radius 2 is 1.50 bits per heavy atom. The molecule has 0 saturated carbocycles. The Balaban J connectivity index is 0.00000108. The Hall–Kier alpha value is -1.36. The molecule has 2 N–H and O–H groups in total. The summed E-state index contributed by atoms with van der Waals surface area (Å²) in [5.74, 6) is 1.50. The molecule has 0 unspecified atom stereocenters. The minimum atomic E-state index is -0.250. The van der Waals surface area contributed by atoms with E-state index < -0.39 is 0 Å². The van der Waals surface area contributed by atoms with Gasteiger partial charge in [-0.3, -0.25) is 24.2 Å². The molecule has 28 heavy (non-hydrogen) atoms. The summed E-state index contributed by atoms with van der Waals surface area (Å²) in [4.78, 5) is 36.0. The second-order valence-corrected chi connectivity index (χ2v) is 7.68. The second-order valence-electron chi connectivity index (χ2n) is 6.69. The van der Waals surface area contributed by atoms with Crippen LogP contribution in [0.5, 0.6) is 0 Å². The molecule has 2 fully saturated rings. The van der Waals surface area contributed by atoms with Crippen molar-refractivity contribution < 1.29 is 29.3 Å². The van der Waals surface area contributed by atoms with Gasteiger partial charge in [0.05, 0.1) is 12.2 Å². The fourth-order valence-electron chi connectivity index (χ4n) is 3.32. The quantitative estimate of drug-likeness (QED) is 0.589. The van der Waals surface area contributed by atoms with Crippen LogP contribution >= 0.6 is 11.8 Å². The molecule has 0 aliphatic carbocycles. The average molecular weight is 422 g/mol. The van der Waals surface area contributed by atoms with Gasteiger partial charge < -0.3 is 19.8 Å². The molecule has 2 aliphatic rings. The highest BCUT2D eigenvalue weighted by molar-refractivity contribution is 7.98. The highest BCUT2D eigenvalue weighted by Gasteiger charge is 2.24.